The number of benzene rings is 10. The summed E-state index contributed by atoms with van der Waals surface area (Å²) in [6, 6.07) is 73.3. The second kappa shape index (κ2) is 14.0. The van der Waals surface area contributed by atoms with Gasteiger partial charge in [-0.3, -0.25) is 0 Å². The predicted molar refractivity (Wildman–Crippen MR) is 271 cm³/mol. The summed E-state index contributed by atoms with van der Waals surface area (Å²) >= 11 is 1.78. The number of rotatable bonds is 5. The molecule has 0 saturated carbocycles. The number of fused-ring (bicyclic) bond motifs is 11. The number of para-hydroxylation sites is 1. The van der Waals surface area contributed by atoms with Gasteiger partial charge in [0.05, 0.1) is 16.7 Å². The first-order valence-corrected chi connectivity index (χ1v) is 22.7. The molecular weight excluding hydrogens is 813 g/mol. The van der Waals surface area contributed by atoms with Crippen molar-refractivity contribution in [1.82, 2.24) is 19.5 Å². The minimum atomic E-state index is 0.587. The zero-order chi connectivity index (χ0) is 42.6. The molecule has 0 amide bonds. The van der Waals surface area contributed by atoms with Crippen LogP contribution in [0.15, 0.2) is 211 Å². The van der Waals surface area contributed by atoms with Gasteiger partial charge in [-0.15, -0.1) is 11.3 Å². The lowest BCUT2D eigenvalue weighted by Crippen LogP contribution is -2.00. The molecule has 14 aromatic rings. The summed E-state index contributed by atoms with van der Waals surface area (Å²) in [4.78, 5) is 16.0. The molecule has 0 spiro atoms. The Hall–Kier alpha value is -8.45. The van der Waals surface area contributed by atoms with Crippen molar-refractivity contribution in [2.75, 3.05) is 0 Å². The molecule has 0 unspecified atom stereocenters. The van der Waals surface area contributed by atoms with Gasteiger partial charge in [-0.2, -0.15) is 0 Å². The summed E-state index contributed by atoms with van der Waals surface area (Å²) in [6.45, 7) is 0. The topological polar surface area (TPSA) is 56.7 Å². The van der Waals surface area contributed by atoms with E-state index in [1.807, 2.05) is 6.07 Å². The summed E-state index contributed by atoms with van der Waals surface area (Å²) < 4.78 is 11.7. The number of furan rings is 1. The van der Waals surface area contributed by atoms with Crippen molar-refractivity contribution in [3.05, 3.63) is 206 Å². The maximum atomic E-state index is 6.92. The Bertz CT molecular complexity index is 4260. The molecule has 6 heteroatoms. The first kappa shape index (κ1) is 36.1. The van der Waals surface area contributed by atoms with Gasteiger partial charge in [0.25, 0.3) is 0 Å². The highest BCUT2D eigenvalue weighted by Crippen LogP contribution is 2.45. The average molecular weight is 847 g/mol. The molecule has 14 rings (SSSR count). The molecule has 5 nitrogen and oxygen atoms in total. The SMILES string of the molecule is c1ccc(-c2cc3c(cc2-n2c4ccccc4c4cc5ccccc5cc42)oc2cccc(-c4nc(-c5ccc6ccccc6c5)nc(-c5cccc6c5sc5ccccc56)n4)c23)cc1. The first-order chi connectivity index (χ1) is 32.2. The van der Waals surface area contributed by atoms with Crippen molar-refractivity contribution >= 4 is 96.8 Å². The Morgan fingerprint density at radius 2 is 1.03 bits per heavy atom. The number of nitrogens with zero attached hydrogens (tertiary/aromatic N) is 4. The average Bonchev–Trinajstić information content (AvgIpc) is 4.04. The molecule has 0 N–H and O–H groups in total. The highest BCUT2D eigenvalue weighted by molar-refractivity contribution is 7.26. The highest BCUT2D eigenvalue weighted by atomic mass is 32.1. The molecule has 0 aliphatic rings. The van der Waals surface area contributed by atoms with E-state index in [1.165, 1.54) is 42.4 Å². The van der Waals surface area contributed by atoms with Gasteiger partial charge in [-0.1, -0.05) is 152 Å². The van der Waals surface area contributed by atoms with Crippen LogP contribution in [-0.2, 0) is 0 Å². The van der Waals surface area contributed by atoms with E-state index in [0.29, 0.717) is 17.5 Å². The van der Waals surface area contributed by atoms with Crippen LogP contribution in [0.3, 0.4) is 0 Å². The third kappa shape index (κ3) is 5.61. The van der Waals surface area contributed by atoms with Crippen LogP contribution in [0, 0.1) is 0 Å². The molecule has 65 heavy (non-hydrogen) atoms. The Balaban J connectivity index is 1.04. The molecule has 302 valence electrons. The van der Waals surface area contributed by atoms with Crippen molar-refractivity contribution in [3.63, 3.8) is 0 Å². The first-order valence-electron chi connectivity index (χ1n) is 21.8. The van der Waals surface area contributed by atoms with E-state index in [4.69, 9.17) is 19.4 Å². The lowest BCUT2D eigenvalue weighted by atomic mass is 9.98. The zero-order valence-electron chi connectivity index (χ0n) is 34.7. The molecule has 4 aromatic heterocycles. The Kier molecular flexibility index (Phi) is 7.79. The van der Waals surface area contributed by atoms with Crippen LogP contribution in [-0.4, -0.2) is 19.5 Å². The maximum Gasteiger partial charge on any atom is 0.165 e. The standard InChI is InChI=1S/C59H34N4OS/c1-2-15-36(16-3-1)46-33-48-53(34-51(46)63-49-25-10-8-20-41(49)47-31-38-18-6-7-19-39(38)32-50(47)63)64-52-26-13-23-44(55(48)52)58-60-57(40-29-28-35-14-4-5-17-37(35)30-40)61-59(62-58)45-24-12-22-43-42-21-9-11-27-54(42)65-56(43)45/h1-34H. The van der Waals surface area contributed by atoms with E-state index in [2.05, 4.69) is 205 Å². The lowest BCUT2D eigenvalue weighted by molar-refractivity contribution is 0.668. The monoisotopic (exact) mass is 846 g/mol. The van der Waals surface area contributed by atoms with Gasteiger partial charge >= 0.3 is 0 Å². The largest absolute Gasteiger partial charge is 0.456 e. The minimum absolute atomic E-state index is 0.587. The fraction of sp³-hybridized carbons (Fsp3) is 0. The van der Waals surface area contributed by atoms with Gasteiger partial charge in [0.15, 0.2) is 17.5 Å². The van der Waals surface area contributed by atoms with Crippen molar-refractivity contribution in [2.24, 2.45) is 0 Å². The quantitative estimate of drug-likeness (QED) is 0.173. The smallest absolute Gasteiger partial charge is 0.165 e. The molecule has 0 fully saturated rings. The van der Waals surface area contributed by atoms with Gasteiger partial charge < -0.3 is 8.98 Å². The Labute approximate surface area is 376 Å². The normalized spacial score (nSPS) is 12.0. The van der Waals surface area contributed by atoms with E-state index in [-0.39, 0.29) is 0 Å². The molecule has 10 aromatic carbocycles. The Morgan fingerprint density at radius 1 is 0.369 bits per heavy atom. The Morgan fingerprint density at radius 3 is 1.89 bits per heavy atom. The van der Waals surface area contributed by atoms with Gasteiger partial charge in [-0.25, -0.2) is 15.0 Å². The number of hydrogen-bond donors (Lipinski definition) is 0. The predicted octanol–water partition coefficient (Wildman–Crippen LogP) is 16.2. The summed E-state index contributed by atoms with van der Waals surface area (Å²) in [5.74, 6) is 1.83. The molecule has 0 bridgehead atoms. The van der Waals surface area contributed by atoms with Gasteiger partial charge in [-0.05, 0) is 75.6 Å². The number of thiophene rings is 1. The second-order valence-electron chi connectivity index (χ2n) is 16.7. The van der Waals surface area contributed by atoms with Crippen LogP contribution in [0.2, 0.25) is 0 Å². The molecule has 0 aliphatic carbocycles. The van der Waals surface area contributed by atoms with Crippen molar-refractivity contribution in [1.29, 1.82) is 0 Å². The second-order valence-corrected chi connectivity index (χ2v) is 17.8. The third-order valence-electron chi connectivity index (χ3n) is 13.0. The highest BCUT2D eigenvalue weighted by Gasteiger charge is 2.23. The third-order valence-corrected chi connectivity index (χ3v) is 14.2. The van der Waals surface area contributed by atoms with Crippen LogP contribution in [0.4, 0.5) is 0 Å². The van der Waals surface area contributed by atoms with Crippen LogP contribution in [0.25, 0.3) is 136 Å². The molecule has 0 radical (unpaired) electrons. The molecule has 4 heterocycles. The number of aromatic nitrogens is 4. The molecule has 0 aliphatic heterocycles. The van der Waals surface area contributed by atoms with Crippen molar-refractivity contribution < 1.29 is 4.42 Å². The molecule has 0 atom stereocenters. The van der Waals surface area contributed by atoms with Gasteiger partial charge in [0.1, 0.15) is 11.2 Å². The van der Waals surface area contributed by atoms with Crippen molar-refractivity contribution in [3.8, 4) is 51.0 Å². The fourth-order valence-electron chi connectivity index (χ4n) is 9.99. The summed E-state index contributed by atoms with van der Waals surface area (Å²) in [6.07, 6.45) is 0. The van der Waals surface area contributed by atoms with E-state index in [0.717, 1.165) is 76.6 Å². The summed E-state index contributed by atoms with van der Waals surface area (Å²) in [5.41, 5.74) is 9.87. The minimum Gasteiger partial charge on any atom is -0.456 e. The van der Waals surface area contributed by atoms with E-state index in [9.17, 15) is 0 Å². The van der Waals surface area contributed by atoms with E-state index >= 15 is 0 Å². The van der Waals surface area contributed by atoms with Crippen LogP contribution >= 0.6 is 11.3 Å². The number of hydrogen-bond acceptors (Lipinski definition) is 5. The zero-order valence-corrected chi connectivity index (χ0v) is 35.6. The summed E-state index contributed by atoms with van der Waals surface area (Å²) in [7, 11) is 0. The maximum absolute atomic E-state index is 6.92. The molecular formula is C59H34N4OS. The van der Waals surface area contributed by atoms with Crippen LogP contribution in [0.5, 0.6) is 0 Å². The van der Waals surface area contributed by atoms with Crippen molar-refractivity contribution in [2.45, 2.75) is 0 Å². The summed E-state index contributed by atoms with van der Waals surface area (Å²) in [5, 5.41) is 11.5. The van der Waals surface area contributed by atoms with E-state index < -0.39 is 0 Å². The lowest BCUT2D eigenvalue weighted by Gasteiger charge is -2.15. The van der Waals surface area contributed by atoms with Gasteiger partial charge in [0.2, 0.25) is 0 Å². The van der Waals surface area contributed by atoms with E-state index in [1.54, 1.807) is 11.3 Å². The molecule has 0 saturated heterocycles. The fourth-order valence-corrected chi connectivity index (χ4v) is 11.2. The van der Waals surface area contributed by atoms with Gasteiger partial charge in [0, 0.05) is 70.0 Å². The van der Waals surface area contributed by atoms with Crippen LogP contribution < -0.4 is 0 Å². The van der Waals surface area contributed by atoms with Crippen LogP contribution in [0.1, 0.15) is 0 Å².